The lowest BCUT2D eigenvalue weighted by molar-refractivity contribution is 0.0336. The Kier molecular flexibility index (Phi) is 4.91. The summed E-state index contributed by atoms with van der Waals surface area (Å²) in [5.41, 5.74) is 2.28. The Morgan fingerprint density at radius 2 is 2.06 bits per heavy atom. The molecule has 2 rings (SSSR count). The third-order valence-corrected chi connectivity index (χ3v) is 2.91. The van der Waals surface area contributed by atoms with Gasteiger partial charge in [-0.05, 0) is 18.7 Å². The van der Waals surface area contributed by atoms with E-state index in [9.17, 15) is 0 Å². The second kappa shape index (κ2) is 6.69. The number of morpholine rings is 1. The fourth-order valence-electron chi connectivity index (χ4n) is 1.96. The van der Waals surface area contributed by atoms with E-state index in [0.29, 0.717) is 0 Å². The van der Waals surface area contributed by atoms with Gasteiger partial charge in [0.15, 0.2) is 0 Å². The van der Waals surface area contributed by atoms with Crippen molar-refractivity contribution in [3.05, 3.63) is 29.6 Å². The summed E-state index contributed by atoms with van der Waals surface area (Å²) >= 11 is 0. The van der Waals surface area contributed by atoms with Gasteiger partial charge in [0, 0.05) is 26.2 Å². The highest BCUT2D eigenvalue weighted by Crippen LogP contribution is 2.06. The number of aromatic nitrogens is 1. The molecule has 94 valence electrons. The van der Waals surface area contributed by atoms with Crippen LogP contribution in [0.15, 0.2) is 18.2 Å². The van der Waals surface area contributed by atoms with Gasteiger partial charge in [0.25, 0.3) is 0 Å². The number of nitrogens with one attached hydrogen (secondary N) is 1. The second-order valence-electron chi connectivity index (χ2n) is 4.29. The molecule has 0 saturated carbocycles. The van der Waals surface area contributed by atoms with E-state index in [1.165, 1.54) is 0 Å². The molecule has 0 aromatic carbocycles. The lowest BCUT2D eigenvalue weighted by Crippen LogP contribution is -2.35. The van der Waals surface area contributed by atoms with Gasteiger partial charge in [0.05, 0.1) is 24.6 Å². The number of hydrogen-bond donors (Lipinski definition) is 1. The summed E-state index contributed by atoms with van der Waals surface area (Å²) in [6.07, 6.45) is 0. The largest absolute Gasteiger partial charge is 0.379 e. The smallest absolute Gasteiger partial charge is 0.0594 e. The molecular formula is C13H21N3O. The topological polar surface area (TPSA) is 37.4 Å². The standard InChI is InChI=1S/C13H21N3O/c1-2-14-10-12-4-3-5-13(15-12)11-16-6-8-17-9-7-16/h3-5,14H,2,6-11H2,1H3. The predicted molar refractivity (Wildman–Crippen MR) is 67.7 cm³/mol. The minimum atomic E-state index is 0.844. The monoisotopic (exact) mass is 235 g/mol. The number of ether oxygens (including phenoxy) is 1. The van der Waals surface area contributed by atoms with Crippen LogP contribution in [-0.2, 0) is 17.8 Å². The summed E-state index contributed by atoms with van der Waals surface area (Å²) in [7, 11) is 0. The van der Waals surface area contributed by atoms with E-state index in [0.717, 1.165) is 57.3 Å². The van der Waals surface area contributed by atoms with Gasteiger partial charge < -0.3 is 10.1 Å². The molecule has 0 aliphatic carbocycles. The molecule has 0 amide bonds. The van der Waals surface area contributed by atoms with Crippen molar-refractivity contribution in [2.45, 2.75) is 20.0 Å². The number of hydrogen-bond acceptors (Lipinski definition) is 4. The molecule has 0 radical (unpaired) electrons. The Morgan fingerprint density at radius 1 is 1.29 bits per heavy atom. The number of rotatable bonds is 5. The van der Waals surface area contributed by atoms with Gasteiger partial charge in [-0.15, -0.1) is 0 Å². The second-order valence-corrected chi connectivity index (χ2v) is 4.29. The van der Waals surface area contributed by atoms with E-state index in [1.807, 2.05) is 0 Å². The Balaban J connectivity index is 1.90. The average Bonchev–Trinajstić information content (AvgIpc) is 2.38. The molecule has 1 aliphatic rings. The number of nitrogens with zero attached hydrogens (tertiary/aromatic N) is 2. The van der Waals surface area contributed by atoms with Gasteiger partial charge in [-0.1, -0.05) is 13.0 Å². The maximum atomic E-state index is 5.34. The molecular weight excluding hydrogens is 214 g/mol. The SMILES string of the molecule is CCNCc1cccc(CN2CCOCC2)n1. The van der Waals surface area contributed by atoms with Crippen LogP contribution in [-0.4, -0.2) is 42.7 Å². The molecule has 1 aromatic heterocycles. The highest BCUT2D eigenvalue weighted by atomic mass is 16.5. The summed E-state index contributed by atoms with van der Waals surface area (Å²) in [5.74, 6) is 0. The molecule has 4 heteroatoms. The van der Waals surface area contributed by atoms with Crippen molar-refractivity contribution >= 4 is 0 Å². The summed E-state index contributed by atoms with van der Waals surface area (Å²) in [6.45, 7) is 8.59. The van der Waals surface area contributed by atoms with E-state index in [4.69, 9.17) is 4.74 Å². The highest BCUT2D eigenvalue weighted by molar-refractivity contribution is 5.11. The van der Waals surface area contributed by atoms with Gasteiger partial charge in [-0.25, -0.2) is 0 Å². The number of pyridine rings is 1. The normalized spacial score (nSPS) is 17.2. The van der Waals surface area contributed by atoms with Crippen LogP contribution in [0.3, 0.4) is 0 Å². The maximum Gasteiger partial charge on any atom is 0.0594 e. The van der Waals surface area contributed by atoms with Crippen molar-refractivity contribution < 1.29 is 4.74 Å². The van der Waals surface area contributed by atoms with E-state index < -0.39 is 0 Å². The average molecular weight is 235 g/mol. The molecule has 4 nitrogen and oxygen atoms in total. The minimum Gasteiger partial charge on any atom is -0.379 e. The fourth-order valence-corrected chi connectivity index (χ4v) is 1.96. The van der Waals surface area contributed by atoms with Crippen LogP contribution in [0.2, 0.25) is 0 Å². The molecule has 1 fully saturated rings. The van der Waals surface area contributed by atoms with Crippen molar-refractivity contribution in [3.63, 3.8) is 0 Å². The third-order valence-electron chi connectivity index (χ3n) is 2.91. The zero-order valence-electron chi connectivity index (χ0n) is 10.5. The van der Waals surface area contributed by atoms with Gasteiger partial charge in [-0.2, -0.15) is 0 Å². The Bertz CT molecular complexity index is 337. The molecule has 0 unspecified atom stereocenters. The zero-order chi connectivity index (χ0) is 11.9. The first-order valence-electron chi connectivity index (χ1n) is 6.34. The first-order chi connectivity index (χ1) is 8.38. The van der Waals surface area contributed by atoms with Gasteiger partial charge in [-0.3, -0.25) is 9.88 Å². The van der Waals surface area contributed by atoms with Crippen LogP contribution >= 0.6 is 0 Å². The molecule has 17 heavy (non-hydrogen) atoms. The fraction of sp³-hybridized carbons (Fsp3) is 0.615. The molecule has 1 aromatic rings. The maximum absolute atomic E-state index is 5.34. The summed E-state index contributed by atoms with van der Waals surface area (Å²) in [6, 6.07) is 6.27. The van der Waals surface area contributed by atoms with Crippen molar-refractivity contribution in [1.29, 1.82) is 0 Å². The van der Waals surface area contributed by atoms with Crippen molar-refractivity contribution in [3.8, 4) is 0 Å². The van der Waals surface area contributed by atoms with Crippen molar-refractivity contribution in [2.75, 3.05) is 32.8 Å². The molecule has 1 N–H and O–H groups in total. The van der Waals surface area contributed by atoms with Crippen LogP contribution < -0.4 is 5.32 Å². The third kappa shape index (κ3) is 4.07. The zero-order valence-corrected chi connectivity index (χ0v) is 10.5. The van der Waals surface area contributed by atoms with E-state index in [-0.39, 0.29) is 0 Å². The summed E-state index contributed by atoms with van der Waals surface area (Å²) < 4.78 is 5.34. The molecule has 0 bridgehead atoms. The van der Waals surface area contributed by atoms with Crippen LogP contribution in [0, 0.1) is 0 Å². The Hall–Kier alpha value is -0.970. The molecule has 0 atom stereocenters. The summed E-state index contributed by atoms with van der Waals surface area (Å²) in [4.78, 5) is 7.05. The lowest BCUT2D eigenvalue weighted by atomic mass is 10.2. The highest BCUT2D eigenvalue weighted by Gasteiger charge is 2.11. The molecule has 0 spiro atoms. The van der Waals surface area contributed by atoms with E-state index in [2.05, 4.69) is 40.3 Å². The Morgan fingerprint density at radius 3 is 2.82 bits per heavy atom. The van der Waals surface area contributed by atoms with Crippen LogP contribution in [0.1, 0.15) is 18.3 Å². The predicted octanol–water partition coefficient (Wildman–Crippen LogP) is 1.02. The van der Waals surface area contributed by atoms with Crippen LogP contribution in [0.4, 0.5) is 0 Å². The van der Waals surface area contributed by atoms with E-state index in [1.54, 1.807) is 0 Å². The van der Waals surface area contributed by atoms with Crippen molar-refractivity contribution in [2.24, 2.45) is 0 Å². The van der Waals surface area contributed by atoms with Crippen molar-refractivity contribution in [1.82, 2.24) is 15.2 Å². The Labute approximate surface area is 103 Å². The first-order valence-corrected chi connectivity index (χ1v) is 6.34. The van der Waals surface area contributed by atoms with Crippen LogP contribution in [0.5, 0.6) is 0 Å². The minimum absolute atomic E-state index is 0.844. The quantitative estimate of drug-likeness (QED) is 0.827. The molecule has 1 aliphatic heterocycles. The van der Waals surface area contributed by atoms with Gasteiger partial charge in [0.2, 0.25) is 0 Å². The first kappa shape index (κ1) is 12.5. The van der Waals surface area contributed by atoms with Gasteiger partial charge in [0.1, 0.15) is 0 Å². The van der Waals surface area contributed by atoms with E-state index >= 15 is 0 Å². The molecule has 1 saturated heterocycles. The van der Waals surface area contributed by atoms with Gasteiger partial charge >= 0.3 is 0 Å². The molecule has 2 heterocycles. The van der Waals surface area contributed by atoms with Crippen LogP contribution in [0.25, 0.3) is 0 Å². The lowest BCUT2D eigenvalue weighted by Gasteiger charge is -2.26. The summed E-state index contributed by atoms with van der Waals surface area (Å²) in [5, 5.41) is 3.30.